The van der Waals surface area contributed by atoms with Gasteiger partial charge in [-0.3, -0.25) is 4.68 Å². The van der Waals surface area contributed by atoms with Gasteiger partial charge in [0.05, 0.1) is 23.9 Å². The van der Waals surface area contributed by atoms with Crippen molar-refractivity contribution in [2.75, 3.05) is 11.9 Å². The molecule has 2 heterocycles. The number of hydrogen-bond acceptors (Lipinski definition) is 5. The molecule has 0 spiro atoms. The van der Waals surface area contributed by atoms with Gasteiger partial charge in [-0.25, -0.2) is 9.78 Å². The molecular weight excluding hydrogens is 292 g/mol. The van der Waals surface area contributed by atoms with Gasteiger partial charge in [-0.05, 0) is 12.5 Å². The second-order valence-corrected chi connectivity index (χ2v) is 5.11. The van der Waals surface area contributed by atoms with Crippen LogP contribution in [0.5, 0.6) is 0 Å². The van der Waals surface area contributed by atoms with Crippen LogP contribution in [0.3, 0.4) is 0 Å². The molecule has 23 heavy (non-hydrogen) atoms. The molecule has 0 saturated heterocycles. The summed E-state index contributed by atoms with van der Waals surface area (Å²) >= 11 is 0. The molecule has 0 radical (unpaired) electrons. The van der Waals surface area contributed by atoms with E-state index >= 15 is 0 Å². The Labute approximate surface area is 134 Å². The van der Waals surface area contributed by atoms with Crippen LogP contribution in [0.2, 0.25) is 0 Å². The van der Waals surface area contributed by atoms with Gasteiger partial charge in [-0.2, -0.15) is 5.10 Å². The standard InChI is InChI=1S/C17H18N4O2/c1-3-23-17(22)14-10-19-16-13(11-20-21(16)2)15(14)18-9-12-7-5-4-6-8-12/h4-8,10-11H,3,9H2,1-2H3,(H,18,19). The van der Waals surface area contributed by atoms with Crippen LogP contribution in [0.1, 0.15) is 22.8 Å². The van der Waals surface area contributed by atoms with Gasteiger partial charge in [0.2, 0.25) is 0 Å². The number of carbonyl (C=O) groups excluding carboxylic acids is 1. The molecule has 0 aliphatic carbocycles. The molecule has 118 valence electrons. The highest BCUT2D eigenvalue weighted by molar-refractivity contribution is 6.04. The van der Waals surface area contributed by atoms with Crippen molar-refractivity contribution >= 4 is 22.7 Å². The Balaban J connectivity index is 2.00. The Morgan fingerprint density at radius 3 is 2.78 bits per heavy atom. The number of pyridine rings is 1. The lowest BCUT2D eigenvalue weighted by Crippen LogP contribution is -2.11. The number of fused-ring (bicyclic) bond motifs is 1. The van der Waals surface area contributed by atoms with Gasteiger partial charge in [0, 0.05) is 19.8 Å². The summed E-state index contributed by atoms with van der Waals surface area (Å²) in [5.41, 5.74) is 2.96. The molecule has 0 unspecified atom stereocenters. The Morgan fingerprint density at radius 2 is 2.04 bits per heavy atom. The van der Waals surface area contributed by atoms with Crippen LogP contribution in [-0.2, 0) is 18.3 Å². The Morgan fingerprint density at radius 1 is 1.26 bits per heavy atom. The number of rotatable bonds is 5. The zero-order valence-electron chi connectivity index (χ0n) is 13.1. The van der Waals surface area contributed by atoms with Gasteiger partial charge in [0.1, 0.15) is 5.56 Å². The number of aromatic nitrogens is 3. The zero-order chi connectivity index (χ0) is 16.2. The molecule has 0 aliphatic rings. The average molecular weight is 310 g/mol. The Hall–Kier alpha value is -2.89. The molecule has 0 aliphatic heterocycles. The highest BCUT2D eigenvalue weighted by Gasteiger charge is 2.18. The predicted octanol–water partition coefficient (Wildman–Crippen LogP) is 2.76. The van der Waals surface area contributed by atoms with Gasteiger partial charge < -0.3 is 10.1 Å². The van der Waals surface area contributed by atoms with Crippen molar-refractivity contribution in [3.05, 3.63) is 53.9 Å². The van der Waals surface area contributed by atoms with Gasteiger partial charge in [0.25, 0.3) is 0 Å². The molecule has 1 aromatic carbocycles. The summed E-state index contributed by atoms with van der Waals surface area (Å²) in [4.78, 5) is 16.5. The lowest BCUT2D eigenvalue weighted by Gasteiger charge is -2.12. The maximum atomic E-state index is 12.2. The van der Waals surface area contributed by atoms with Crippen molar-refractivity contribution in [3.8, 4) is 0 Å². The summed E-state index contributed by atoms with van der Waals surface area (Å²) in [6, 6.07) is 9.99. The number of anilines is 1. The van der Waals surface area contributed by atoms with Gasteiger partial charge in [0.15, 0.2) is 5.65 Å². The van der Waals surface area contributed by atoms with Gasteiger partial charge in [-0.15, -0.1) is 0 Å². The number of benzene rings is 1. The summed E-state index contributed by atoms with van der Waals surface area (Å²) in [7, 11) is 1.82. The predicted molar refractivity (Wildman–Crippen MR) is 88.2 cm³/mol. The van der Waals surface area contributed by atoms with E-state index in [0.29, 0.717) is 30.0 Å². The van der Waals surface area contributed by atoms with Gasteiger partial charge in [-0.1, -0.05) is 30.3 Å². The van der Waals surface area contributed by atoms with Crippen molar-refractivity contribution in [1.82, 2.24) is 14.8 Å². The van der Waals surface area contributed by atoms with Crippen LogP contribution in [-0.4, -0.2) is 27.3 Å². The molecule has 0 amide bonds. The molecule has 2 aromatic heterocycles. The van der Waals surface area contributed by atoms with Crippen LogP contribution >= 0.6 is 0 Å². The van der Waals surface area contributed by atoms with E-state index in [4.69, 9.17) is 4.74 Å². The molecule has 3 rings (SSSR count). The first-order valence-corrected chi connectivity index (χ1v) is 7.46. The first-order valence-electron chi connectivity index (χ1n) is 7.46. The van der Waals surface area contributed by atoms with Crippen molar-refractivity contribution in [3.63, 3.8) is 0 Å². The van der Waals surface area contributed by atoms with Crippen LogP contribution < -0.4 is 5.32 Å². The smallest absolute Gasteiger partial charge is 0.341 e. The third-order valence-corrected chi connectivity index (χ3v) is 3.57. The number of esters is 1. The van der Waals surface area contributed by atoms with Crippen molar-refractivity contribution in [1.29, 1.82) is 0 Å². The second kappa shape index (κ2) is 6.48. The lowest BCUT2D eigenvalue weighted by molar-refractivity contribution is 0.0527. The monoisotopic (exact) mass is 310 g/mol. The molecule has 0 bridgehead atoms. The summed E-state index contributed by atoms with van der Waals surface area (Å²) < 4.78 is 6.81. The number of ether oxygens (including phenoxy) is 1. The quantitative estimate of drug-likeness (QED) is 0.734. The number of aryl methyl sites for hydroxylation is 1. The first-order chi connectivity index (χ1) is 11.2. The molecular formula is C17H18N4O2. The summed E-state index contributed by atoms with van der Waals surface area (Å²) in [6.07, 6.45) is 3.24. The Bertz CT molecular complexity index is 827. The maximum Gasteiger partial charge on any atom is 0.341 e. The number of nitrogens with one attached hydrogen (secondary N) is 1. The number of carbonyl (C=O) groups is 1. The second-order valence-electron chi connectivity index (χ2n) is 5.11. The fraction of sp³-hybridized carbons (Fsp3) is 0.235. The van der Waals surface area contributed by atoms with Crippen LogP contribution in [0, 0.1) is 0 Å². The van der Waals surface area contributed by atoms with E-state index in [9.17, 15) is 4.79 Å². The zero-order valence-corrected chi connectivity index (χ0v) is 13.1. The van der Waals surface area contributed by atoms with E-state index in [0.717, 1.165) is 10.9 Å². The minimum atomic E-state index is -0.388. The minimum absolute atomic E-state index is 0.321. The van der Waals surface area contributed by atoms with E-state index < -0.39 is 0 Å². The summed E-state index contributed by atoms with van der Waals surface area (Å²) in [5.74, 6) is -0.388. The maximum absolute atomic E-state index is 12.2. The topological polar surface area (TPSA) is 69.0 Å². The molecule has 1 N–H and O–H groups in total. The lowest BCUT2D eigenvalue weighted by atomic mass is 10.1. The fourth-order valence-electron chi connectivity index (χ4n) is 2.44. The minimum Gasteiger partial charge on any atom is -0.462 e. The SMILES string of the molecule is CCOC(=O)c1cnc2c(cnn2C)c1NCc1ccccc1. The normalized spacial score (nSPS) is 10.7. The highest BCUT2D eigenvalue weighted by Crippen LogP contribution is 2.26. The molecule has 6 heteroatoms. The number of hydrogen-bond donors (Lipinski definition) is 1. The molecule has 3 aromatic rings. The highest BCUT2D eigenvalue weighted by atomic mass is 16.5. The summed E-state index contributed by atoms with van der Waals surface area (Å²) in [5, 5.41) is 8.35. The van der Waals surface area contributed by atoms with E-state index in [1.54, 1.807) is 17.8 Å². The largest absolute Gasteiger partial charge is 0.462 e. The molecule has 0 fully saturated rings. The Kier molecular flexibility index (Phi) is 4.23. The van der Waals surface area contributed by atoms with E-state index in [2.05, 4.69) is 15.4 Å². The van der Waals surface area contributed by atoms with Crippen molar-refractivity contribution < 1.29 is 9.53 Å². The first kappa shape index (κ1) is 15.0. The third kappa shape index (κ3) is 3.01. The molecule has 6 nitrogen and oxygen atoms in total. The fourth-order valence-corrected chi connectivity index (χ4v) is 2.44. The number of nitrogens with zero attached hydrogens (tertiary/aromatic N) is 3. The third-order valence-electron chi connectivity index (χ3n) is 3.57. The van der Waals surface area contributed by atoms with E-state index in [-0.39, 0.29) is 5.97 Å². The summed E-state index contributed by atoms with van der Waals surface area (Å²) in [6.45, 7) is 2.70. The van der Waals surface area contributed by atoms with Crippen LogP contribution in [0.25, 0.3) is 11.0 Å². The van der Waals surface area contributed by atoms with Gasteiger partial charge >= 0.3 is 5.97 Å². The average Bonchev–Trinajstić information content (AvgIpc) is 2.95. The van der Waals surface area contributed by atoms with Crippen LogP contribution in [0.4, 0.5) is 5.69 Å². The molecule has 0 saturated carbocycles. The van der Waals surface area contributed by atoms with Crippen LogP contribution in [0.15, 0.2) is 42.7 Å². The van der Waals surface area contributed by atoms with Crippen molar-refractivity contribution in [2.24, 2.45) is 7.05 Å². The van der Waals surface area contributed by atoms with E-state index in [1.807, 2.05) is 37.4 Å². The molecule has 0 atom stereocenters. The van der Waals surface area contributed by atoms with Crippen molar-refractivity contribution in [2.45, 2.75) is 13.5 Å². The van der Waals surface area contributed by atoms with E-state index in [1.165, 1.54) is 6.20 Å².